The summed E-state index contributed by atoms with van der Waals surface area (Å²) < 4.78 is 5.27. The second-order valence-electron chi connectivity index (χ2n) is 7.14. The number of benzene rings is 2. The third kappa shape index (κ3) is 4.06. The van der Waals surface area contributed by atoms with Gasteiger partial charge in [0, 0.05) is 24.9 Å². The van der Waals surface area contributed by atoms with Gasteiger partial charge in [0.05, 0.1) is 6.42 Å². The molecule has 2 amide bonds. The van der Waals surface area contributed by atoms with Crippen LogP contribution in [0.5, 0.6) is 0 Å². The largest absolute Gasteiger partial charge is 0.356 e. The van der Waals surface area contributed by atoms with Crippen molar-refractivity contribution >= 4 is 22.8 Å². The van der Waals surface area contributed by atoms with E-state index in [1.54, 1.807) is 0 Å². The number of carbonyl (C=O) groups is 2. The second-order valence-corrected chi connectivity index (χ2v) is 7.14. The van der Waals surface area contributed by atoms with Crippen LogP contribution in [0.1, 0.15) is 24.1 Å². The van der Waals surface area contributed by atoms with Gasteiger partial charge in [-0.2, -0.15) is 0 Å². The summed E-state index contributed by atoms with van der Waals surface area (Å²) in [6.07, 6.45) is 2.59. The van der Waals surface area contributed by atoms with Gasteiger partial charge in [-0.1, -0.05) is 47.6 Å². The van der Waals surface area contributed by atoms with Gasteiger partial charge in [-0.3, -0.25) is 9.59 Å². The number of para-hydroxylation sites is 1. The molecule has 1 N–H and O–H groups in total. The van der Waals surface area contributed by atoms with Gasteiger partial charge in [-0.25, -0.2) is 0 Å². The monoisotopic (exact) mass is 377 g/mol. The van der Waals surface area contributed by atoms with Gasteiger partial charge in [0.25, 0.3) is 0 Å². The van der Waals surface area contributed by atoms with Crippen LogP contribution in [0, 0.1) is 0 Å². The number of likely N-dealkylation sites (tertiary alicyclic amines) is 1. The Balaban J connectivity index is 1.49. The first-order valence-corrected chi connectivity index (χ1v) is 9.66. The molecule has 1 aliphatic rings. The fourth-order valence-corrected chi connectivity index (χ4v) is 3.67. The van der Waals surface area contributed by atoms with Crippen molar-refractivity contribution in [1.29, 1.82) is 0 Å². The fourth-order valence-electron chi connectivity index (χ4n) is 3.67. The fraction of sp³-hybridized carbons (Fsp3) is 0.318. The maximum Gasteiger partial charge on any atom is 0.245 e. The Labute approximate surface area is 163 Å². The summed E-state index contributed by atoms with van der Waals surface area (Å²) in [6, 6.07) is 16.6. The molecule has 3 aromatic rings. The topological polar surface area (TPSA) is 75.4 Å². The van der Waals surface area contributed by atoms with E-state index in [4.69, 9.17) is 4.52 Å². The van der Waals surface area contributed by atoms with Crippen LogP contribution in [0.3, 0.4) is 0 Å². The molecule has 144 valence electrons. The van der Waals surface area contributed by atoms with Crippen LogP contribution in [0.4, 0.5) is 0 Å². The molecule has 4 rings (SSSR count). The highest BCUT2D eigenvalue weighted by molar-refractivity contribution is 5.90. The molecule has 0 spiro atoms. The molecule has 1 saturated heterocycles. The molecule has 1 aliphatic heterocycles. The molecule has 6 heteroatoms. The van der Waals surface area contributed by atoms with E-state index in [-0.39, 0.29) is 18.2 Å². The quantitative estimate of drug-likeness (QED) is 0.717. The SMILES string of the molecule is O=C(Cc1noc2ccccc12)N[C@@H](Cc1ccccc1)C(=O)N1CCCC1. The predicted molar refractivity (Wildman–Crippen MR) is 106 cm³/mol. The van der Waals surface area contributed by atoms with Crippen LogP contribution in [0.15, 0.2) is 59.1 Å². The Morgan fingerprint density at radius 2 is 1.75 bits per heavy atom. The normalized spacial score (nSPS) is 14.9. The van der Waals surface area contributed by atoms with Gasteiger partial charge < -0.3 is 14.7 Å². The summed E-state index contributed by atoms with van der Waals surface area (Å²) in [4.78, 5) is 27.5. The van der Waals surface area contributed by atoms with Gasteiger partial charge in [0.1, 0.15) is 11.7 Å². The van der Waals surface area contributed by atoms with Crippen molar-refractivity contribution < 1.29 is 14.1 Å². The van der Waals surface area contributed by atoms with Crippen LogP contribution < -0.4 is 5.32 Å². The standard InChI is InChI=1S/C22H23N3O3/c26-21(15-18-17-10-4-5-11-20(17)28-24-18)23-19(14-16-8-2-1-3-9-16)22(27)25-12-6-7-13-25/h1-5,8-11,19H,6-7,12-15H2,(H,23,26)/t19-/m0/s1. The van der Waals surface area contributed by atoms with Gasteiger partial charge in [0.15, 0.2) is 5.58 Å². The van der Waals surface area contributed by atoms with E-state index >= 15 is 0 Å². The van der Waals surface area contributed by atoms with Crippen LogP contribution in [0.2, 0.25) is 0 Å². The number of rotatable bonds is 6. The van der Waals surface area contributed by atoms with Crippen molar-refractivity contribution in [3.8, 4) is 0 Å². The van der Waals surface area contributed by atoms with Gasteiger partial charge in [0.2, 0.25) is 11.8 Å². The Morgan fingerprint density at radius 1 is 1.04 bits per heavy atom. The molecule has 0 radical (unpaired) electrons. The van der Waals surface area contributed by atoms with Gasteiger partial charge in [-0.05, 0) is 30.5 Å². The Morgan fingerprint density at radius 3 is 2.54 bits per heavy atom. The van der Waals surface area contributed by atoms with Crippen LogP contribution in [-0.2, 0) is 22.4 Å². The minimum atomic E-state index is -0.578. The highest BCUT2D eigenvalue weighted by Gasteiger charge is 2.28. The summed E-state index contributed by atoms with van der Waals surface area (Å²) in [6.45, 7) is 1.52. The molecule has 1 atom stereocenters. The first-order chi connectivity index (χ1) is 13.7. The van der Waals surface area contributed by atoms with E-state index in [2.05, 4.69) is 10.5 Å². The zero-order valence-corrected chi connectivity index (χ0v) is 15.6. The summed E-state index contributed by atoms with van der Waals surface area (Å²) in [5, 5.41) is 7.77. The molecule has 0 aliphatic carbocycles. The van der Waals surface area contributed by atoms with Crippen molar-refractivity contribution in [2.75, 3.05) is 13.1 Å². The number of fused-ring (bicyclic) bond motifs is 1. The van der Waals surface area contributed by atoms with Crippen molar-refractivity contribution in [1.82, 2.24) is 15.4 Å². The lowest BCUT2D eigenvalue weighted by Gasteiger charge is -2.24. The average molecular weight is 377 g/mol. The number of aromatic nitrogens is 1. The first kappa shape index (κ1) is 18.2. The summed E-state index contributed by atoms with van der Waals surface area (Å²) in [7, 11) is 0. The number of nitrogens with zero attached hydrogens (tertiary/aromatic N) is 2. The molecule has 28 heavy (non-hydrogen) atoms. The van der Waals surface area contributed by atoms with E-state index in [1.165, 1.54) is 0 Å². The summed E-state index contributed by atoms with van der Waals surface area (Å²) >= 11 is 0. The van der Waals surface area contributed by atoms with E-state index in [1.807, 2.05) is 59.5 Å². The molecule has 2 heterocycles. The maximum atomic E-state index is 13.0. The molecule has 0 unspecified atom stereocenters. The molecule has 1 aromatic heterocycles. The molecule has 0 bridgehead atoms. The molecule has 2 aromatic carbocycles. The zero-order chi connectivity index (χ0) is 19.3. The van der Waals surface area contributed by atoms with Crippen molar-refractivity contribution in [2.24, 2.45) is 0 Å². The lowest BCUT2D eigenvalue weighted by atomic mass is 10.0. The van der Waals surface area contributed by atoms with E-state index in [0.29, 0.717) is 17.7 Å². The highest BCUT2D eigenvalue weighted by Crippen LogP contribution is 2.18. The molecular weight excluding hydrogens is 354 g/mol. The number of amides is 2. The number of hydrogen-bond donors (Lipinski definition) is 1. The highest BCUT2D eigenvalue weighted by atomic mass is 16.5. The molecule has 6 nitrogen and oxygen atoms in total. The van der Waals surface area contributed by atoms with Crippen LogP contribution >= 0.6 is 0 Å². The molecule has 1 fully saturated rings. The molecule has 0 saturated carbocycles. The number of carbonyl (C=O) groups excluding carboxylic acids is 2. The number of nitrogens with one attached hydrogen (secondary N) is 1. The van der Waals surface area contributed by atoms with E-state index in [0.717, 1.165) is 36.9 Å². The van der Waals surface area contributed by atoms with Crippen molar-refractivity contribution in [2.45, 2.75) is 31.7 Å². The lowest BCUT2D eigenvalue weighted by molar-refractivity contribution is -0.135. The third-order valence-electron chi connectivity index (χ3n) is 5.11. The zero-order valence-electron chi connectivity index (χ0n) is 15.6. The smallest absolute Gasteiger partial charge is 0.245 e. The average Bonchev–Trinajstić information content (AvgIpc) is 3.38. The van der Waals surface area contributed by atoms with Gasteiger partial charge >= 0.3 is 0 Å². The minimum Gasteiger partial charge on any atom is -0.356 e. The summed E-state index contributed by atoms with van der Waals surface area (Å²) in [5.74, 6) is -0.243. The summed E-state index contributed by atoms with van der Waals surface area (Å²) in [5.41, 5.74) is 2.26. The van der Waals surface area contributed by atoms with Gasteiger partial charge in [-0.15, -0.1) is 0 Å². The second kappa shape index (κ2) is 8.25. The van der Waals surface area contributed by atoms with Crippen LogP contribution in [-0.4, -0.2) is 41.0 Å². The Kier molecular flexibility index (Phi) is 5.37. The van der Waals surface area contributed by atoms with E-state index < -0.39 is 6.04 Å². The van der Waals surface area contributed by atoms with E-state index in [9.17, 15) is 9.59 Å². The lowest BCUT2D eigenvalue weighted by Crippen LogP contribution is -2.49. The number of hydrogen-bond acceptors (Lipinski definition) is 4. The third-order valence-corrected chi connectivity index (χ3v) is 5.11. The van der Waals surface area contributed by atoms with Crippen LogP contribution in [0.25, 0.3) is 11.0 Å². The Hall–Kier alpha value is -3.15. The maximum absolute atomic E-state index is 13.0. The van der Waals surface area contributed by atoms with Crippen molar-refractivity contribution in [3.63, 3.8) is 0 Å². The van der Waals surface area contributed by atoms with Crippen molar-refractivity contribution in [3.05, 3.63) is 65.9 Å². The minimum absolute atomic E-state index is 0.0142. The predicted octanol–water partition coefficient (Wildman–Crippen LogP) is 2.72. The molecular formula is C22H23N3O3. The first-order valence-electron chi connectivity index (χ1n) is 9.66. The Bertz CT molecular complexity index is 961.